The predicted molar refractivity (Wildman–Crippen MR) is 76.1 cm³/mol. The lowest BCUT2D eigenvalue weighted by Crippen LogP contribution is -1.95. The van der Waals surface area contributed by atoms with E-state index in [2.05, 4.69) is 0 Å². The number of methoxy groups -OCH3 is 2. The van der Waals surface area contributed by atoms with Crippen molar-refractivity contribution < 1.29 is 19.0 Å². The number of benzene rings is 2. The molecule has 104 valence electrons. The van der Waals surface area contributed by atoms with E-state index in [9.17, 15) is 4.79 Å². The van der Waals surface area contributed by atoms with Gasteiger partial charge in [-0.05, 0) is 43.3 Å². The van der Waals surface area contributed by atoms with Gasteiger partial charge in [0.15, 0.2) is 17.3 Å². The van der Waals surface area contributed by atoms with Crippen LogP contribution in [-0.2, 0) is 0 Å². The van der Waals surface area contributed by atoms with Crippen LogP contribution in [0.2, 0.25) is 0 Å². The van der Waals surface area contributed by atoms with E-state index >= 15 is 0 Å². The number of ketones is 1. The largest absolute Gasteiger partial charge is 0.493 e. The Morgan fingerprint density at radius 3 is 2.10 bits per heavy atom. The summed E-state index contributed by atoms with van der Waals surface area (Å²) in [7, 11) is 3.13. The molecule has 0 saturated carbocycles. The number of carbonyl (C=O) groups is 1. The van der Waals surface area contributed by atoms with Gasteiger partial charge in [-0.3, -0.25) is 4.79 Å². The van der Waals surface area contributed by atoms with Crippen LogP contribution in [0.5, 0.6) is 23.0 Å². The highest BCUT2D eigenvalue weighted by molar-refractivity contribution is 5.94. The Balaban J connectivity index is 2.27. The molecule has 0 N–H and O–H groups in total. The molecule has 0 atom stereocenters. The Morgan fingerprint density at radius 1 is 0.900 bits per heavy atom. The Kier molecular flexibility index (Phi) is 4.25. The summed E-state index contributed by atoms with van der Waals surface area (Å²) in [5, 5.41) is 0. The molecule has 2 rings (SSSR count). The fourth-order valence-corrected chi connectivity index (χ4v) is 1.82. The molecule has 0 heterocycles. The third kappa shape index (κ3) is 2.91. The lowest BCUT2D eigenvalue weighted by Gasteiger charge is -2.13. The molecule has 2 aromatic carbocycles. The van der Waals surface area contributed by atoms with Crippen molar-refractivity contribution in [3.63, 3.8) is 0 Å². The van der Waals surface area contributed by atoms with Crippen LogP contribution in [0, 0.1) is 0 Å². The highest BCUT2D eigenvalue weighted by atomic mass is 16.5. The maximum Gasteiger partial charge on any atom is 0.203 e. The van der Waals surface area contributed by atoms with Gasteiger partial charge in [0.25, 0.3) is 0 Å². The minimum Gasteiger partial charge on any atom is -0.493 e. The van der Waals surface area contributed by atoms with E-state index in [0.29, 0.717) is 28.6 Å². The molecular weight excluding hydrogens is 256 g/mol. The SMILES string of the molecule is COc1cccc(Oc2ccc(C(C)=O)cc2)c1OC. The molecular formula is C16H16O4. The van der Waals surface area contributed by atoms with Crippen molar-refractivity contribution in [2.24, 2.45) is 0 Å². The molecule has 0 aliphatic heterocycles. The third-order valence-electron chi connectivity index (χ3n) is 2.86. The molecule has 2 aromatic rings. The van der Waals surface area contributed by atoms with Crippen molar-refractivity contribution in [1.29, 1.82) is 0 Å². The lowest BCUT2D eigenvalue weighted by molar-refractivity contribution is 0.101. The van der Waals surface area contributed by atoms with Crippen molar-refractivity contribution >= 4 is 5.78 Å². The van der Waals surface area contributed by atoms with Gasteiger partial charge < -0.3 is 14.2 Å². The van der Waals surface area contributed by atoms with Crippen LogP contribution in [0.15, 0.2) is 42.5 Å². The quantitative estimate of drug-likeness (QED) is 0.778. The van der Waals surface area contributed by atoms with Gasteiger partial charge in [-0.25, -0.2) is 0 Å². The van der Waals surface area contributed by atoms with Crippen LogP contribution in [0.25, 0.3) is 0 Å². The summed E-state index contributed by atoms with van der Waals surface area (Å²) in [5.41, 5.74) is 0.648. The van der Waals surface area contributed by atoms with Crippen LogP contribution in [0.4, 0.5) is 0 Å². The summed E-state index contributed by atoms with van der Waals surface area (Å²) in [6.07, 6.45) is 0. The second-order valence-electron chi connectivity index (χ2n) is 4.17. The summed E-state index contributed by atoms with van der Waals surface area (Å²) in [4.78, 5) is 11.2. The van der Waals surface area contributed by atoms with Gasteiger partial charge in [0.05, 0.1) is 14.2 Å². The average Bonchev–Trinajstić information content (AvgIpc) is 2.47. The summed E-state index contributed by atoms with van der Waals surface area (Å²) in [5.74, 6) is 2.34. The van der Waals surface area contributed by atoms with E-state index in [1.165, 1.54) is 6.92 Å². The minimum atomic E-state index is 0.0236. The van der Waals surface area contributed by atoms with Gasteiger partial charge in [0.2, 0.25) is 5.75 Å². The van der Waals surface area contributed by atoms with Crippen LogP contribution in [0.3, 0.4) is 0 Å². The second kappa shape index (κ2) is 6.10. The molecule has 0 aliphatic carbocycles. The standard InChI is InChI=1S/C16H16O4/c1-11(17)12-7-9-13(10-8-12)20-15-6-4-5-14(18-2)16(15)19-3/h4-10H,1-3H3. The van der Waals surface area contributed by atoms with Crippen molar-refractivity contribution in [3.05, 3.63) is 48.0 Å². The zero-order valence-electron chi connectivity index (χ0n) is 11.7. The van der Waals surface area contributed by atoms with E-state index < -0.39 is 0 Å². The van der Waals surface area contributed by atoms with Gasteiger partial charge in [-0.2, -0.15) is 0 Å². The normalized spacial score (nSPS) is 9.95. The van der Waals surface area contributed by atoms with Crippen molar-refractivity contribution in [2.75, 3.05) is 14.2 Å². The smallest absolute Gasteiger partial charge is 0.203 e. The fourth-order valence-electron chi connectivity index (χ4n) is 1.82. The van der Waals surface area contributed by atoms with E-state index in [1.54, 1.807) is 50.6 Å². The molecule has 0 aliphatic rings. The first kappa shape index (κ1) is 13.9. The molecule has 20 heavy (non-hydrogen) atoms. The molecule has 0 amide bonds. The average molecular weight is 272 g/mol. The molecule has 0 aromatic heterocycles. The van der Waals surface area contributed by atoms with Crippen LogP contribution in [-0.4, -0.2) is 20.0 Å². The lowest BCUT2D eigenvalue weighted by atomic mass is 10.1. The Labute approximate surface area is 117 Å². The molecule has 4 nitrogen and oxygen atoms in total. The topological polar surface area (TPSA) is 44.8 Å². The summed E-state index contributed by atoms with van der Waals surface area (Å²) < 4.78 is 16.3. The molecule has 0 fully saturated rings. The van der Waals surface area contributed by atoms with E-state index in [4.69, 9.17) is 14.2 Å². The first-order valence-electron chi connectivity index (χ1n) is 6.15. The van der Waals surface area contributed by atoms with Gasteiger partial charge >= 0.3 is 0 Å². The van der Waals surface area contributed by atoms with Gasteiger partial charge in [0.1, 0.15) is 5.75 Å². The number of ether oxygens (including phenoxy) is 3. The molecule has 0 unspecified atom stereocenters. The number of rotatable bonds is 5. The van der Waals surface area contributed by atoms with Gasteiger partial charge in [-0.1, -0.05) is 6.07 Å². The molecule has 0 radical (unpaired) electrons. The van der Waals surface area contributed by atoms with Gasteiger partial charge in [-0.15, -0.1) is 0 Å². The number of carbonyl (C=O) groups excluding carboxylic acids is 1. The number of hydrogen-bond donors (Lipinski definition) is 0. The molecule has 0 saturated heterocycles. The van der Waals surface area contributed by atoms with Crippen molar-refractivity contribution in [1.82, 2.24) is 0 Å². The molecule has 4 heteroatoms. The van der Waals surface area contributed by atoms with Crippen molar-refractivity contribution in [2.45, 2.75) is 6.92 Å². The van der Waals surface area contributed by atoms with E-state index in [1.807, 2.05) is 6.07 Å². The van der Waals surface area contributed by atoms with Gasteiger partial charge in [0, 0.05) is 5.56 Å². The highest BCUT2D eigenvalue weighted by Gasteiger charge is 2.11. The zero-order valence-corrected chi connectivity index (χ0v) is 11.7. The number of para-hydroxylation sites is 1. The van der Waals surface area contributed by atoms with Crippen LogP contribution in [0.1, 0.15) is 17.3 Å². The zero-order chi connectivity index (χ0) is 14.5. The summed E-state index contributed by atoms with van der Waals surface area (Å²) >= 11 is 0. The van der Waals surface area contributed by atoms with Crippen LogP contribution >= 0.6 is 0 Å². The van der Waals surface area contributed by atoms with Crippen LogP contribution < -0.4 is 14.2 Å². The molecule has 0 bridgehead atoms. The van der Waals surface area contributed by atoms with Crippen molar-refractivity contribution in [3.8, 4) is 23.0 Å². The fraction of sp³-hybridized carbons (Fsp3) is 0.188. The Bertz CT molecular complexity index is 602. The Hall–Kier alpha value is -2.49. The highest BCUT2D eigenvalue weighted by Crippen LogP contribution is 2.38. The monoisotopic (exact) mass is 272 g/mol. The maximum absolute atomic E-state index is 11.2. The molecule has 0 spiro atoms. The summed E-state index contributed by atoms with van der Waals surface area (Å²) in [6.45, 7) is 1.53. The van der Waals surface area contributed by atoms with E-state index in [0.717, 1.165) is 0 Å². The number of Topliss-reactive ketones (excluding diaryl/α,β-unsaturated/α-hetero) is 1. The predicted octanol–water partition coefficient (Wildman–Crippen LogP) is 3.70. The maximum atomic E-state index is 11.2. The first-order valence-corrected chi connectivity index (χ1v) is 6.15. The summed E-state index contributed by atoms with van der Waals surface area (Å²) in [6, 6.07) is 12.4. The second-order valence-corrected chi connectivity index (χ2v) is 4.17. The van der Waals surface area contributed by atoms with E-state index in [-0.39, 0.29) is 5.78 Å². The Morgan fingerprint density at radius 2 is 1.55 bits per heavy atom. The first-order chi connectivity index (χ1) is 9.65. The number of hydrogen-bond acceptors (Lipinski definition) is 4. The third-order valence-corrected chi connectivity index (χ3v) is 2.86. The minimum absolute atomic E-state index is 0.0236.